The van der Waals surface area contributed by atoms with Crippen molar-refractivity contribution in [3.63, 3.8) is 0 Å². The molecule has 0 aliphatic carbocycles. The monoisotopic (exact) mass is 429 g/mol. The van der Waals surface area contributed by atoms with Crippen molar-refractivity contribution in [3.8, 4) is 10.6 Å². The van der Waals surface area contributed by atoms with Crippen molar-refractivity contribution in [2.75, 3.05) is 31.6 Å². The number of aryl methyl sites for hydroxylation is 1. The zero-order valence-electron chi connectivity index (χ0n) is 16.3. The molecular formula is C20H23N5O2S2. The number of rotatable bonds is 7. The van der Waals surface area contributed by atoms with Crippen molar-refractivity contribution < 1.29 is 9.53 Å². The van der Waals surface area contributed by atoms with Crippen LogP contribution in [0.15, 0.2) is 29.6 Å². The van der Waals surface area contributed by atoms with Crippen LogP contribution in [-0.4, -0.2) is 52.3 Å². The number of nitrogens with zero attached hydrogens (tertiary/aromatic N) is 4. The highest BCUT2D eigenvalue weighted by Gasteiger charge is 2.13. The van der Waals surface area contributed by atoms with Crippen LogP contribution >= 0.6 is 22.7 Å². The summed E-state index contributed by atoms with van der Waals surface area (Å²) in [5, 5.41) is 15.1. The lowest BCUT2D eigenvalue weighted by atomic mass is 10.1. The fourth-order valence-corrected chi connectivity index (χ4v) is 4.63. The Morgan fingerprint density at radius 3 is 2.93 bits per heavy atom. The maximum Gasteiger partial charge on any atom is 0.232 e. The van der Waals surface area contributed by atoms with Crippen LogP contribution in [0.25, 0.3) is 10.6 Å². The van der Waals surface area contributed by atoms with Crippen LogP contribution in [0.5, 0.6) is 0 Å². The van der Waals surface area contributed by atoms with Gasteiger partial charge in [0.1, 0.15) is 10.0 Å². The van der Waals surface area contributed by atoms with Gasteiger partial charge in [-0.05, 0) is 18.1 Å². The Morgan fingerprint density at radius 2 is 2.14 bits per heavy atom. The number of carbonyl (C=O) groups is 1. The van der Waals surface area contributed by atoms with Gasteiger partial charge in [-0.25, -0.2) is 4.98 Å². The van der Waals surface area contributed by atoms with Gasteiger partial charge in [-0.3, -0.25) is 9.69 Å². The van der Waals surface area contributed by atoms with E-state index in [1.165, 1.54) is 16.9 Å². The minimum Gasteiger partial charge on any atom is -0.379 e. The molecule has 3 heterocycles. The number of thiazole rings is 1. The quantitative estimate of drug-likeness (QED) is 0.621. The number of anilines is 1. The molecule has 0 atom stereocenters. The standard InChI is InChI=1S/C20H23N5O2S2/c1-2-18-23-24-20(29-18)22-17(26)11-16-13-28-19(21-16)15-5-3-4-14(10-15)12-25-6-8-27-9-7-25/h3-5,10,13H,2,6-9,11-12H2,1H3,(H,22,24,26). The van der Waals surface area contributed by atoms with Crippen molar-refractivity contribution in [1.29, 1.82) is 0 Å². The van der Waals surface area contributed by atoms with Gasteiger partial charge in [0.05, 0.1) is 25.3 Å². The summed E-state index contributed by atoms with van der Waals surface area (Å²) in [4.78, 5) is 19.3. The minimum absolute atomic E-state index is 0.123. The summed E-state index contributed by atoms with van der Waals surface area (Å²) >= 11 is 2.97. The van der Waals surface area contributed by atoms with Crippen LogP contribution in [0.4, 0.5) is 5.13 Å². The largest absolute Gasteiger partial charge is 0.379 e. The normalized spacial score (nSPS) is 14.8. The molecular weight excluding hydrogens is 406 g/mol. The molecule has 9 heteroatoms. The summed E-state index contributed by atoms with van der Waals surface area (Å²) in [5.41, 5.74) is 3.12. The highest BCUT2D eigenvalue weighted by atomic mass is 32.1. The van der Waals surface area contributed by atoms with Gasteiger partial charge < -0.3 is 10.1 Å². The van der Waals surface area contributed by atoms with Gasteiger partial charge in [-0.1, -0.05) is 36.5 Å². The molecule has 1 aliphatic heterocycles. The molecule has 1 saturated heterocycles. The van der Waals surface area contributed by atoms with Crippen LogP contribution in [0, 0.1) is 0 Å². The second-order valence-corrected chi connectivity index (χ2v) is 8.73. The third kappa shape index (κ3) is 5.45. The summed E-state index contributed by atoms with van der Waals surface area (Å²) in [6.45, 7) is 6.46. The first-order valence-electron chi connectivity index (χ1n) is 9.65. The Bertz CT molecular complexity index is 965. The molecule has 3 aromatic rings. The van der Waals surface area contributed by atoms with Crippen molar-refractivity contribution >= 4 is 33.7 Å². The highest BCUT2D eigenvalue weighted by molar-refractivity contribution is 7.15. The number of morpholine rings is 1. The maximum atomic E-state index is 12.3. The third-order valence-corrected chi connectivity index (χ3v) is 6.52. The van der Waals surface area contributed by atoms with E-state index in [4.69, 9.17) is 4.74 Å². The van der Waals surface area contributed by atoms with Gasteiger partial charge in [0.15, 0.2) is 0 Å². The summed E-state index contributed by atoms with van der Waals surface area (Å²) < 4.78 is 5.42. The zero-order valence-corrected chi connectivity index (χ0v) is 17.9. The summed E-state index contributed by atoms with van der Waals surface area (Å²) in [7, 11) is 0. The van der Waals surface area contributed by atoms with Gasteiger partial charge in [-0.15, -0.1) is 21.5 Å². The van der Waals surface area contributed by atoms with Crippen molar-refractivity contribution in [3.05, 3.63) is 45.9 Å². The number of ether oxygens (including phenoxy) is 1. The molecule has 0 spiro atoms. The number of amides is 1. The Morgan fingerprint density at radius 1 is 1.28 bits per heavy atom. The Labute approximate surface area is 177 Å². The third-order valence-electron chi connectivity index (χ3n) is 4.59. The fourth-order valence-electron chi connectivity index (χ4n) is 3.12. The first-order chi connectivity index (χ1) is 14.2. The van der Waals surface area contributed by atoms with Gasteiger partial charge in [-0.2, -0.15) is 0 Å². The fraction of sp³-hybridized carbons (Fsp3) is 0.400. The predicted octanol–water partition coefficient (Wildman–Crippen LogP) is 3.24. The molecule has 152 valence electrons. The minimum atomic E-state index is -0.123. The van der Waals surface area contributed by atoms with Crippen LogP contribution in [-0.2, 0) is 28.9 Å². The molecule has 1 fully saturated rings. The topological polar surface area (TPSA) is 80.2 Å². The number of carbonyl (C=O) groups excluding carboxylic acids is 1. The van der Waals surface area contributed by atoms with E-state index in [0.717, 1.165) is 60.5 Å². The molecule has 0 bridgehead atoms. The highest BCUT2D eigenvalue weighted by Crippen LogP contribution is 2.25. The molecule has 0 unspecified atom stereocenters. The number of benzene rings is 1. The summed E-state index contributed by atoms with van der Waals surface area (Å²) in [6, 6.07) is 8.47. The molecule has 2 aromatic heterocycles. The van der Waals surface area contributed by atoms with Gasteiger partial charge in [0, 0.05) is 30.6 Å². The predicted molar refractivity (Wildman–Crippen MR) is 115 cm³/mol. The van der Waals surface area contributed by atoms with Crippen LogP contribution < -0.4 is 5.32 Å². The average Bonchev–Trinajstić information content (AvgIpc) is 3.38. The van der Waals surface area contributed by atoms with Crippen LogP contribution in [0.2, 0.25) is 0 Å². The van der Waals surface area contributed by atoms with Crippen molar-refractivity contribution in [2.45, 2.75) is 26.3 Å². The Hall–Kier alpha value is -2.20. The van der Waals surface area contributed by atoms with Gasteiger partial charge >= 0.3 is 0 Å². The molecule has 0 saturated carbocycles. The number of hydrogen-bond donors (Lipinski definition) is 1. The molecule has 1 amide bonds. The smallest absolute Gasteiger partial charge is 0.232 e. The second-order valence-electron chi connectivity index (χ2n) is 6.81. The van der Waals surface area contributed by atoms with E-state index in [0.29, 0.717) is 5.13 Å². The maximum absolute atomic E-state index is 12.3. The lowest BCUT2D eigenvalue weighted by Crippen LogP contribution is -2.35. The Balaban J connectivity index is 1.38. The molecule has 29 heavy (non-hydrogen) atoms. The van der Waals surface area contributed by atoms with E-state index in [1.54, 1.807) is 11.3 Å². The van der Waals surface area contributed by atoms with E-state index < -0.39 is 0 Å². The lowest BCUT2D eigenvalue weighted by molar-refractivity contribution is -0.115. The second kappa shape index (κ2) is 9.53. The number of hydrogen-bond acceptors (Lipinski definition) is 8. The average molecular weight is 430 g/mol. The molecule has 4 rings (SSSR count). The van der Waals surface area contributed by atoms with E-state index in [-0.39, 0.29) is 12.3 Å². The SMILES string of the molecule is CCc1nnc(NC(=O)Cc2csc(-c3cccc(CN4CCOCC4)c3)n2)s1. The molecule has 1 aliphatic rings. The number of aromatic nitrogens is 3. The van der Waals surface area contributed by atoms with Crippen LogP contribution in [0.3, 0.4) is 0 Å². The van der Waals surface area contributed by atoms with E-state index in [9.17, 15) is 4.79 Å². The van der Waals surface area contributed by atoms with Crippen molar-refractivity contribution in [1.82, 2.24) is 20.1 Å². The van der Waals surface area contributed by atoms with E-state index in [1.807, 2.05) is 12.3 Å². The first-order valence-corrected chi connectivity index (χ1v) is 11.4. The summed E-state index contributed by atoms with van der Waals surface area (Å²) in [6.07, 6.45) is 1.04. The van der Waals surface area contributed by atoms with Crippen molar-refractivity contribution in [2.24, 2.45) is 0 Å². The molecule has 0 radical (unpaired) electrons. The number of nitrogens with one attached hydrogen (secondary N) is 1. The van der Waals surface area contributed by atoms with Crippen LogP contribution in [0.1, 0.15) is 23.2 Å². The Kier molecular flexibility index (Phi) is 6.60. The van der Waals surface area contributed by atoms with Gasteiger partial charge in [0.25, 0.3) is 0 Å². The molecule has 1 N–H and O–H groups in total. The zero-order chi connectivity index (χ0) is 20.1. The lowest BCUT2D eigenvalue weighted by Gasteiger charge is -2.26. The first kappa shape index (κ1) is 20.1. The van der Waals surface area contributed by atoms with E-state index in [2.05, 4.69) is 49.7 Å². The molecule has 7 nitrogen and oxygen atoms in total. The van der Waals surface area contributed by atoms with E-state index >= 15 is 0 Å². The molecule has 1 aromatic carbocycles. The summed E-state index contributed by atoms with van der Waals surface area (Å²) in [5.74, 6) is -0.123. The van der Waals surface area contributed by atoms with Gasteiger partial charge in [0.2, 0.25) is 11.0 Å².